The van der Waals surface area contributed by atoms with Gasteiger partial charge < -0.3 is 4.90 Å². The van der Waals surface area contributed by atoms with Crippen LogP contribution >= 0.6 is 0 Å². The van der Waals surface area contributed by atoms with Crippen molar-refractivity contribution in [2.45, 2.75) is 25.3 Å². The summed E-state index contributed by atoms with van der Waals surface area (Å²) in [5.74, 6) is 1.10. The average Bonchev–Trinajstić information content (AvgIpc) is 2.03. The first kappa shape index (κ1) is 7.59. The van der Waals surface area contributed by atoms with Gasteiger partial charge in [-0.25, -0.2) is 4.98 Å². The van der Waals surface area contributed by atoms with Crippen LogP contribution in [0.4, 0.5) is 5.82 Å². The lowest BCUT2D eigenvalue weighted by Crippen LogP contribution is -2.37. The van der Waals surface area contributed by atoms with Crippen LogP contribution < -0.4 is 4.90 Å². The summed E-state index contributed by atoms with van der Waals surface area (Å²) in [5, 5.41) is 0. The molecule has 0 atom stereocenters. The molecule has 0 bridgehead atoms. The summed E-state index contributed by atoms with van der Waals surface area (Å²) in [6.07, 6.45) is 5.88. The third kappa shape index (κ3) is 1.29. The Labute approximate surface area is 73.2 Å². The summed E-state index contributed by atoms with van der Waals surface area (Å²) in [6, 6.07) is 6.80. The van der Waals surface area contributed by atoms with Gasteiger partial charge in [-0.15, -0.1) is 0 Å². The highest BCUT2D eigenvalue weighted by Gasteiger charge is 2.22. The molecule has 64 valence electrons. The van der Waals surface area contributed by atoms with Crippen LogP contribution in [0.5, 0.6) is 0 Å². The summed E-state index contributed by atoms with van der Waals surface area (Å²) in [7, 11) is 2.13. The molecule has 0 aromatic carbocycles. The van der Waals surface area contributed by atoms with E-state index in [0.29, 0.717) is 0 Å². The fourth-order valence-corrected chi connectivity index (χ4v) is 1.52. The summed E-state index contributed by atoms with van der Waals surface area (Å²) < 4.78 is 0. The Kier molecular flexibility index (Phi) is 1.98. The van der Waals surface area contributed by atoms with Gasteiger partial charge in [0.15, 0.2) is 0 Å². The molecule has 0 spiro atoms. The van der Waals surface area contributed by atoms with Crippen LogP contribution in [0, 0.1) is 0 Å². The lowest BCUT2D eigenvalue weighted by atomic mass is 9.92. The molecule has 0 N–H and O–H groups in total. The SMILES string of the molecule is CN(c1ccccn1)C1CCC1. The van der Waals surface area contributed by atoms with Crippen molar-refractivity contribution in [1.82, 2.24) is 4.98 Å². The predicted molar refractivity (Wildman–Crippen MR) is 50.3 cm³/mol. The first-order chi connectivity index (χ1) is 5.88. The third-order valence-corrected chi connectivity index (χ3v) is 2.63. The maximum absolute atomic E-state index is 4.31. The first-order valence-electron chi connectivity index (χ1n) is 4.52. The van der Waals surface area contributed by atoms with E-state index in [1.54, 1.807) is 0 Å². The number of pyridine rings is 1. The minimum Gasteiger partial charge on any atom is -0.357 e. The fraction of sp³-hybridized carbons (Fsp3) is 0.500. The van der Waals surface area contributed by atoms with E-state index in [1.165, 1.54) is 19.3 Å². The minimum atomic E-state index is 0.736. The van der Waals surface area contributed by atoms with Crippen molar-refractivity contribution in [3.63, 3.8) is 0 Å². The quantitative estimate of drug-likeness (QED) is 0.661. The topological polar surface area (TPSA) is 16.1 Å². The molecule has 0 amide bonds. The van der Waals surface area contributed by atoms with E-state index in [-0.39, 0.29) is 0 Å². The maximum Gasteiger partial charge on any atom is 0.128 e. The summed E-state index contributed by atoms with van der Waals surface area (Å²) in [4.78, 5) is 6.59. The molecule has 0 unspecified atom stereocenters. The zero-order valence-electron chi connectivity index (χ0n) is 7.40. The average molecular weight is 162 g/mol. The van der Waals surface area contributed by atoms with E-state index in [2.05, 4.69) is 23.0 Å². The Balaban J connectivity index is 2.08. The van der Waals surface area contributed by atoms with E-state index >= 15 is 0 Å². The van der Waals surface area contributed by atoms with Crippen molar-refractivity contribution in [3.05, 3.63) is 24.4 Å². The van der Waals surface area contributed by atoms with Crippen LogP contribution in [0.2, 0.25) is 0 Å². The van der Waals surface area contributed by atoms with Crippen molar-refractivity contribution in [2.75, 3.05) is 11.9 Å². The lowest BCUT2D eigenvalue weighted by Gasteiger charge is -2.35. The Morgan fingerprint density at radius 1 is 1.42 bits per heavy atom. The van der Waals surface area contributed by atoms with Crippen molar-refractivity contribution in [3.8, 4) is 0 Å². The van der Waals surface area contributed by atoms with Gasteiger partial charge in [-0.1, -0.05) is 6.07 Å². The Morgan fingerprint density at radius 3 is 2.75 bits per heavy atom. The molecule has 2 heteroatoms. The summed E-state index contributed by atoms with van der Waals surface area (Å²) in [6.45, 7) is 0. The molecule has 12 heavy (non-hydrogen) atoms. The molecule has 0 aliphatic heterocycles. The lowest BCUT2D eigenvalue weighted by molar-refractivity contribution is 0.399. The van der Waals surface area contributed by atoms with Gasteiger partial charge in [0.25, 0.3) is 0 Å². The van der Waals surface area contributed by atoms with Crippen LogP contribution in [-0.4, -0.2) is 18.1 Å². The second-order valence-electron chi connectivity index (χ2n) is 3.38. The van der Waals surface area contributed by atoms with Crippen molar-refractivity contribution in [2.24, 2.45) is 0 Å². The van der Waals surface area contributed by atoms with Gasteiger partial charge in [0.2, 0.25) is 0 Å². The highest BCUT2D eigenvalue weighted by molar-refractivity contribution is 5.38. The molecule has 1 aliphatic rings. The molecule has 2 rings (SSSR count). The van der Waals surface area contributed by atoms with Gasteiger partial charge in [0.1, 0.15) is 5.82 Å². The second-order valence-corrected chi connectivity index (χ2v) is 3.38. The molecule has 1 heterocycles. The van der Waals surface area contributed by atoms with Crippen molar-refractivity contribution in [1.29, 1.82) is 0 Å². The zero-order valence-corrected chi connectivity index (χ0v) is 7.40. The van der Waals surface area contributed by atoms with Crippen LogP contribution in [0.15, 0.2) is 24.4 Å². The van der Waals surface area contributed by atoms with Gasteiger partial charge in [-0.2, -0.15) is 0 Å². The van der Waals surface area contributed by atoms with Gasteiger partial charge in [0.05, 0.1) is 0 Å². The highest BCUT2D eigenvalue weighted by atomic mass is 15.2. The smallest absolute Gasteiger partial charge is 0.128 e. The molecular weight excluding hydrogens is 148 g/mol. The van der Waals surface area contributed by atoms with Crippen molar-refractivity contribution < 1.29 is 0 Å². The summed E-state index contributed by atoms with van der Waals surface area (Å²) in [5.41, 5.74) is 0. The molecule has 0 saturated heterocycles. The number of aromatic nitrogens is 1. The van der Waals surface area contributed by atoms with Crippen LogP contribution in [0.25, 0.3) is 0 Å². The van der Waals surface area contributed by atoms with Crippen LogP contribution in [-0.2, 0) is 0 Å². The van der Waals surface area contributed by atoms with Crippen LogP contribution in [0.3, 0.4) is 0 Å². The zero-order chi connectivity index (χ0) is 8.39. The summed E-state index contributed by atoms with van der Waals surface area (Å²) >= 11 is 0. The van der Waals surface area contributed by atoms with E-state index < -0.39 is 0 Å². The minimum absolute atomic E-state index is 0.736. The molecular formula is C10H14N2. The predicted octanol–water partition coefficient (Wildman–Crippen LogP) is 2.07. The number of nitrogens with zero attached hydrogens (tertiary/aromatic N) is 2. The fourth-order valence-electron chi connectivity index (χ4n) is 1.52. The first-order valence-corrected chi connectivity index (χ1v) is 4.52. The Morgan fingerprint density at radius 2 is 2.25 bits per heavy atom. The van der Waals surface area contributed by atoms with Gasteiger partial charge in [-0.05, 0) is 31.4 Å². The maximum atomic E-state index is 4.31. The second kappa shape index (κ2) is 3.13. The van der Waals surface area contributed by atoms with Gasteiger partial charge in [-0.3, -0.25) is 0 Å². The molecule has 1 aliphatic carbocycles. The third-order valence-electron chi connectivity index (χ3n) is 2.63. The number of hydrogen-bond donors (Lipinski definition) is 0. The standard InChI is InChI=1S/C10H14N2/c1-12(9-5-4-6-9)10-7-2-3-8-11-10/h2-3,7-9H,4-6H2,1H3. The number of anilines is 1. The number of hydrogen-bond acceptors (Lipinski definition) is 2. The largest absolute Gasteiger partial charge is 0.357 e. The normalized spacial score (nSPS) is 17.1. The molecule has 0 radical (unpaired) electrons. The van der Waals surface area contributed by atoms with E-state index in [4.69, 9.17) is 0 Å². The Hall–Kier alpha value is -1.05. The molecule has 1 fully saturated rings. The number of rotatable bonds is 2. The molecule has 1 aromatic rings. The molecule has 2 nitrogen and oxygen atoms in total. The van der Waals surface area contributed by atoms with Gasteiger partial charge >= 0.3 is 0 Å². The molecule has 1 aromatic heterocycles. The molecule has 1 saturated carbocycles. The monoisotopic (exact) mass is 162 g/mol. The van der Waals surface area contributed by atoms with Crippen molar-refractivity contribution >= 4 is 5.82 Å². The van der Waals surface area contributed by atoms with E-state index in [1.807, 2.05) is 18.3 Å². The van der Waals surface area contributed by atoms with E-state index in [0.717, 1.165) is 11.9 Å². The Bertz CT molecular complexity index is 241. The highest BCUT2D eigenvalue weighted by Crippen LogP contribution is 2.26. The van der Waals surface area contributed by atoms with Gasteiger partial charge in [0, 0.05) is 19.3 Å². The van der Waals surface area contributed by atoms with Crippen LogP contribution in [0.1, 0.15) is 19.3 Å². The van der Waals surface area contributed by atoms with E-state index in [9.17, 15) is 0 Å².